The number of rotatable bonds is 3. The van der Waals surface area contributed by atoms with E-state index < -0.39 is 18.5 Å². The summed E-state index contributed by atoms with van der Waals surface area (Å²) in [7, 11) is 1.36. The number of nitrogens with zero attached hydrogens (tertiary/aromatic N) is 1. The molecule has 2 nitrogen and oxygen atoms in total. The molecule has 0 saturated heterocycles. The fourth-order valence-corrected chi connectivity index (χ4v) is 1.20. The van der Waals surface area contributed by atoms with E-state index in [9.17, 15) is 18.0 Å². The number of amides is 1. The van der Waals surface area contributed by atoms with Crippen LogP contribution in [0.15, 0.2) is 30.3 Å². The number of alkyl halides is 3. The van der Waals surface area contributed by atoms with Crippen LogP contribution in [0, 0.1) is 0 Å². The lowest BCUT2D eigenvalue weighted by molar-refractivity contribution is -0.136. The number of carbonyl (C=O) groups is 1. The summed E-state index contributed by atoms with van der Waals surface area (Å²) in [6.45, 7) is -0.322. The van der Waals surface area contributed by atoms with Crippen LogP contribution in [0.5, 0.6) is 0 Å². The second-order valence-corrected chi connectivity index (χ2v) is 3.46. The molecule has 0 bridgehead atoms. The molecule has 0 aliphatic carbocycles. The van der Waals surface area contributed by atoms with Gasteiger partial charge in [-0.2, -0.15) is 13.2 Å². The third-order valence-electron chi connectivity index (χ3n) is 2.10. The first kappa shape index (κ1) is 12.5. The van der Waals surface area contributed by atoms with E-state index in [-0.39, 0.29) is 6.54 Å². The highest BCUT2D eigenvalue weighted by molar-refractivity contribution is 5.93. The van der Waals surface area contributed by atoms with E-state index in [1.165, 1.54) is 7.05 Å². The van der Waals surface area contributed by atoms with Crippen molar-refractivity contribution in [3.05, 3.63) is 35.9 Å². The zero-order valence-electron chi connectivity index (χ0n) is 8.79. The van der Waals surface area contributed by atoms with Crippen molar-refractivity contribution in [2.24, 2.45) is 0 Å². The third-order valence-corrected chi connectivity index (χ3v) is 2.10. The van der Waals surface area contributed by atoms with Gasteiger partial charge in [-0.1, -0.05) is 18.2 Å². The Balaban J connectivity index is 2.55. The highest BCUT2D eigenvalue weighted by Crippen LogP contribution is 2.19. The Morgan fingerprint density at radius 2 is 1.81 bits per heavy atom. The van der Waals surface area contributed by atoms with Gasteiger partial charge in [0.25, 0.3) is 5.91 Å². The fraction of sp³-hybridized carbons (Fsp3) is 0.364. The lowest BCUT2D eigenvalue weighted by atomic mass is 10.2. The summed E-state index contributed by atoms with van der Waals surface area (Å²) in [5.74, 6) is -0.398. The molecule has 0 N–H and O–H groups in total. The van der Waals surface area contributed by atoms with Crippen LogP contribution in [0.1, 0.15) is 16.8 Å². The first-order valence-electron chi connectivity index (χ1n) is 4.77. The number of hydrogen-bond acceptors (Lipinski definition) is 1. The normalized spacial score (nSPS) is 11.2. The molecular formula is C11H12F3NO. The fourth-order valence-electron chi connectivity index (χ4n) is 1.20. The molecule has 88 valence electrons. The van der Waals surface area contributed by atoms with Gasteiger partial charge in [0, 0.05) is 19.2 Å². The zero-order valence-corrected chi connectivity index (χ0v) is 8.79. The van der Waals surface area contributed by atoms with Crippen molar-refractivity contribution in [2.75, 3.05) is 13.6 Å². The molecule has 0 spiro atoms. The van der Waals surface area contributed by atoms with Gasteiger partial charge < -0.3 is 4.90 Å². The molecule has 0 radical (unpaired) electrons. The first-order chi connectivity index (χ1) is 7.40. The second-order valence-electron chi connectivity index (χ2n) is 3.46. The van der Waals surface area contributed by atoms with Crippen molar-refractivity contribution in [1.29, 1.82) is 0 Å². The van der Waals surface area contributed by atoms with Gasteiger partial charge >= 0.3 is 6.18 Å². The second kappa shape index (κ2) is 5.01. The van der Waals surface area contributed by atoms with Crippen molar-refractivity contribution in [3.8, 4) is 0 Å². The van der Waals surface area contributed by atoms with Gasteiger partial charge in [0.1, 0.15) is 0 Å². The SMILES string of the molecule is CN(CCC(F)(F)F)C(=O)c1ccccc1. The largest absolute Gasteiger partial charge is 0.390 e. The maximum Gasteiger partial charge on any atom is 0.390 e. The van der Waals surface area contributed by atoms with Gasteiger partial charge in [-0.25, -0.2) is 0 Å². The molecule has 1 amide bonds. The molecule has 0 unspecified atom stereocenters. The monoisotopic (exact) mass is 231 g/mol. The Kier molecular flexibility index (Phi) is 3.93. The minimum atomic E-state index is -4.23. The van der Waals surface area contributed by atoms with Gasteiger partial charge in [0.15, 0.2) is 0 Å². The molecule has 0 aliphatic rings. The van der Waals surface area contributed by atoms with E-state index in [4.69, 9.17) is 0 Å². The van der Waals surface area contributed by atoms with Crippen LogP contribution in [-0.2, 0) is 0 Å². The predicted octanol–water partition coefficient (Wildman–Crippen LogP) is 2.71. The highest BCUT2D eigenvalue weighted by atomic mass is 19.4. The van der Waals surface area contributed by atoms with E-state index in [1.54, 1.807) is 30.3 Å². The van der Waals surface area contributed by atoms with Crippen LogP contribution in [0.4, 0.5) is 13.2 Å². The summed E-state index contributed by atoms with van der Waals surface area (Å²) in [6, 6.07) is 8.24. The molecule has 1 aromatic rings. The van der Waals surface area contributed by atoms with Crippen molar-refractivity contribution in [2.45, 2.75) is 12.6 Å². The van der Waals surface area contributed by atoms with Crippen molar-refractivity contribution < 1.29 is 18.0 Å². The van der Waals surface area contributed by atoms with E-state index in [1.807, 2.05) is 0 Å². The summed E-state index contributed by atoms with van der Waals surface area (Å²) < 4.78 is 35.8. The Hall–Kier alpha value is -1.52. The minimum absolute atomic E-state index is 0.322. The third kappa shape index (κ3) is 3.92. The van der Waals surface area contributed by atoms with E-state index in [0.29, 0.717) is 5.56 Å². The Bertz CT molecular complexity index is 348. The number of halogens is 3. The van der Waals surface area contributed by atoms with Crippen molar-refractivity contribution in [1.82, 2.24) is 4.90 Å². The van der Waals surface area contributed by atoms with Gasteiger partial charge in [-0.05, 0) is 12.1 Å². The van der Waals surface area contributed by atoms with Crippen molar-refractivity contribution in [3.63, 3.8) is 0 Å². The molecular weight excluding hydrogens is 219 g/mol. The Morgan fingerprint density at radius 3 is 2.31 bits per heavy atom. The van der Waals surface area contributed by atoms with Crippen LogP contribution < -0.4 is 0 Å². The van der Waals surface area contributed by atoms with Gasteiger partial charge in [0.2, 0.25) is 0 Å². The molecule has 0 saturated carbocycles. The average molecular weight is 231 g/mol. The van der Waals surface area contributed by atoms with Gasteiger partial charge in [-0.3, -0.25) is 4.79 Å². The van der Waals surface area contributed by atoms with Crippen LogP contribution in [0.25, 0.3) is 0 Å². The Labute approximate surface area is 91.7 Å². The van der Waals surface area contributed by atoms with Crippen LogP contribution in [-0.4, -0.2) is 30.6 Å². The topological polar surface area (TPSA) is 20.3 Å². The molecule has 1 rings (SSSR count). The number of carbonyl (C=O) groups excluding carboxylic acids is 1. The maximum absolute atomic E-state index is 11.9. The lowest BCUT2D eigenvalue weighted by Crippen LogP contribution is -2.30. The lowest BCUT2D eigenvalue weighted by Gasteiger charge is -2.18. The first-order valence-corrected chi connectivity index (χ1v) is 4.77. The molecule has 16 heavy (non-hydrogen) atoms. The number of benzene rings is 1. The van der Waals surface area contributed by atoms with E-state index in [2.05, 4.69) is 0 Å². The maximum atomic E-state index is 11.9. The summed E-state index contributed by atoms with van der Waals surface area (Å²) >= 11 is 0. The summed E-state index contributed by atoms with van der Waals surface area (Å²) in [5, 5.41) is 0. The molecule has 1 aromatic carbocycles. The van der Waals surface area contributed by atoms with Crippen LogP contribution in [0.3, 0.4) is 0 Å². The number of hydrogen-bond donors (Lipinski definition) is 0. The standard InChI is InChI=1S/C11H12F3NO/c1-15(8-7-11(12,13)14)10(16)9-5-3-2-4-6-9/h2-6H,7-8H2,1H3. The van der Waals surface area contributed by atoms with E-state index in [0.717, 1.165) is 4.90 Å². The molecule has 0 atom stereocenters. The molecule has 0 aliphatic heterocycles. The summed E-state index contributed by atoms with van der Waals surface area (Å²) in [6.07, 6.45) is -5.21. The van der Waals surface area contributed by atoms with Crippen LogP contribution >= 0.6 is 0 Å². The average Bonchev–Trinajstić information content (AvgIpc) is 2.25. The van der Waals surface area contributed by atoms with Gasteiger partial charge in [0.05, 0.1) is 6.42 Å². The zero-order chi connectivity index (χ0) is 12.2. The minimum Gasteiger partial charge on any atom is -0.341 e. The quantitative estimate of drug-likeness (QED) is 0.783. The molecule has 5 heteroatoms. The van der Waals surface area contributed by atoms with E-state index >= 15 is 0 Å². The predicted molar refractivity (Wildman–Crippen MR) is 54.1 cm³/mol. The molecule has 0 aromatic heterocycles. The smallest absolute Gasteiger partial charge is 0.341 e. The summed E-state index contributed by atoms with van der Waals surface area (Å²) in [4.78, 5) is 12.7. The Morgan fingerprint density at radius 1 is 1.25 bits per heavy atom. The molecule has 0 heterocycles. The van der Waals surface area contributed by atoms with Crippen LogP contribution in [0.2, 0.25) is 0 Å². The highest BCUT2D eigenvalue weighted by Gasteiger charge is 2.28. The summed E-state index contributed by atoms with van der Waals surface area (Å²) in [5.41, 5.74) is 0.396. The van der Waals surface area contributed by atoms with Crippen molar-refractivity contribution >= 4 is 5.91 Å². The van der Waals surface area contributed by atoms with Gasteiger partial charge in [-0.15, -0.1) is 0 Å². The molecule has 0 fully saturated rings.